The summed E-state index contributed by atoms with van der Waals surface area (Å²) in [5.74, 6) is 2.26. The molecular weight excluding hydrogens is 322 g/mol. The highest BCUT2D eigenvalue weighted by Crippen LogP contribution is 2.27. The minimum atomic E-state index is -0.217. The van der Waals surface area contributed by atoms with E-state index in [4.69, 9.17) is 18.9 Å². The number of carbonyl (C=O) groups is 1. The molecule has 0 saturated heterocycles. The summed E-state index contributed by atoms with van der Waals surface area (Å²) in [6.07, 6.45) is 0. The molecule has 0 aliphatic carbocycles. The monoisotopic (exact) mass is 345 g/mol. The third kappa shape index (κ3) is 5.31. The van der Waals surface area contributed by atoms with Crippen molar-refractivity contribution < 1.29 is 23.7 Å². The Morgan fingerprint density at radius 1 is 0.880 bits per heavy atom. The van der Waals surface area contributed by atoms with E-state index in [0.717, 1.165) is 11.3 Å². The summed E-state index contributed by atoms with van der Waals surface area (Å²) in [4.78, 5) is 12.1. The van der Waals surface area contributed by atoms with Gasteiger partial charge in [0.15, 0.2) is 6.61 Å². The fourth-order valence-electron chi connectivity index (χ4n) is 2.27. The molecule has 0 aliphatic rings. The first kappa shape index (κ1) is 18.4. The number of carbonyl (C=O) groups excluding carboxylic acids is 1. The van der Waals surface area contributed by atoms with Crippen LogP contribution in [0.5, 0.6) is 23.0 Å². The molecule has 1 N–H and O–H groups in total. The topological polar surface area (TPSA) is 66.0 Å². The molecule has 0 radical (unpaired) electrons. The van der Waals surface area contributed by atoms with Gasteiger partial charge in [-0.15, -0.1) is 0 Å². The SMILES string of the molecule is COc1ccc([C@H](C)NC(=O)COc2cc(OC)cc(OC)c2)cc1. The Labute approximate surface area is 147 Å². The maximum Gasteiger partial charge on any atom is 0.258 e. The van der Waals surface area contributed by atoms with Gasteiger partial charge in [0.25, 0.3) is 5.91 Å². The minimum absolute atomic E-state index is 0.100. The van der Waals surface area contributed by atoms with Gasteiger partial charge in [0.05, 0.1) is 27.4 Å². The van der Waals surface area contributed by atoms with Crippen LogP contribution in [0.4, 0.5) is 0 Å². The average Bonchev–Trinajstić information content (AvgIpc) is 2.66. The van der Waals surface area contributed by atoms with E-state index in [2.05, 4.69) is 5.32 Å². The van der Waals surface area contributed by atoms with Crippen LogP contribution in [0.15, 0.2) is 42.5 Å². The highest BCUT2D eigenvalue weighted by Gasteiger charge is 2.11. The van der Waals surface area contributed by atoms with E-state index in [1.165, 1.54) is 0 Å². The number of methoxy groups -OCH3 is 3. The van der Waals surface area contributed by atoms with Crippen LogP contribution in [0.3, 0.4) is 0 Å². The maximum atomic E-state index is 12.1. The van der Waals surface area contributed by atoms with Crippen molar-refractivity contribution in [3.8, 4) is 23.0 Å². The van der Waals surface area contributed by atoms with Gasteiger partial charge >= 0.3 is 0 Å². The standard InChI is InChI=1S/C19H23NO5/c1-13(14-5-7-15(22-2)8-6-14)20-19(21)12-25-18-10-16(23-3)9-17(11-18)24-4/h5-11,13H,12H2,1-4H3,(H,20,21)/t13-/m0/s1. The van der Waals surface area contributed by atoms with E-state index in [9.17, 15) is 4.79 Å². The van der Waals surface area contributed by atoms with Crippen LogP contribution in [0.25, 0.3) is 0 Å². The van der Waals surface area contributed by atoms with Gasteiger partial charge < -0.3 is 24.3 Å². The first-order chi connectivity index (χ1) is 12.0. The van der Waals surface area contributed by atoms with E-state index in [-0.39, 0.29) is 18.6 Å². The maximum absolute atomic E-state index is 12.1. The van der Waals surface area contributed by atoms with Crippen molar-refractivity contribution in [3.05, 3.63) is 48.0 Å². The number of rotatable bonds is 8. The first-order valence-electron chi connectivity index (χ1n) is 7.85. The molecule has 0 aliphatic heterocycles. The van der Waals surface area contributed by atoms with Gasteiger partial charge in [-0.3, -0.25) is 4.79 Å². The Morgan fingerprint density at radius 3 is 1.92 bits per heavy atom. The van der Waals surface area contributed by atoms with Crippen LogP contribution in [-0.4, -0.2) is 33.8 Å². The van der Waals surface area contributed by atoms with Crippen LogP contribution >= 0.6 is 0 Å². The summed E-state index contributed by atoms with van der Waals surface area (Å²) in [6.45, 7) is 1.81. The molecular formula is C19H23NO5. The molecule has 6 heteroatoms. The number of ether oxygens (including phenoxy) is 4. The second-order valence-electron chi connectivity index (χ2n) is 5.40. The van der Waals surface area contributed by atoms with Crippen molar-refractivity contribution in [2.75, 3.05) is 27.9 Å². The lowest BCUT2D eigenvalue weighted by molar-refractivity contribution is -0.123. The van der Waals surface area contributed by atoms with E-state index in [1.54, 1.807) is 39.5 Å². The van der Waals surface area contributed by atoms with Gasteiger partial charge in [0, 0.05) is 18.2 Å². The van der Waals surface area contributed by atoms with E-state index >= 15 is 0 Å². The molecule has 1 amide bonds. The lowest BCUT2D eigenvalue weighted by Crippen LogP contribution is -2.31. The van der Waals surface area contributed by atoms with Crippen molar-refractivity contribution in [2.45, 2.75) is 13.0 Å². The fraction of sp³-hybridized carbons (Fsp3) is 0.316. The molecule has 0 fully saturated rings. The normalized spacial score (nSPS) is 11.4. The third-order valence-electron chi connectivity index (χ3n) is 3.69. The van der Waals surface area contributed by atoms with Crippen LogP contribution in [-0.2, 0) is 4.79 Å². The summed E-state index contributed by atoms with van der Waals surface area (Å²) in [6, 6.07) is 12.5. The molecule has 134 valence electrons. The average molecular weight is 345 g/mol. The molecule has 6 nitrogen and oxygen atoms in total. The van der Waals surface area contributed by atoms with Crippen molar-refractivity contribution >= 4 is 5.91 Å². The minimum Gasteiger partial charge on any atom is -0.497 e. The lowest BCUT2D eigenvalue weighted by atomic mass is 10.1. The summed E-state index contributed by atoms with van der Waals surface area (Å²) < 4.78 is 21.0. The second-order valence-corrected chi connectivity index (χ2v) is 5.40. The van der Waals surface area contributed by atoms with Crippen molar-refractivity contribution in [1.82, 2.24) is 5.32 Å². The molecule has 0 spiro atoms. The summed E-state index contributed by atoms with van der Waals surface area (Å²) >= 11 is 0. The summed E-state index contributed by atoms with van der Waals surface area (Å²) in [5, 5.41) is 2.89. The van der Waals surface area contributed by atoms with Gasteiger partial charge in [0.1, 0.15) is 23.0 Å². The van der Waals surface area contributed by atoms with Crippen LogP contribution in [0, 0.1) is 0 Å². The molecule has 2 rings (SSSR count). The number of hydrogen-bond donors (Lipinski definition) is 1. The van der Waals surface area contributed by atoms with Gasteiger partial charge in [-0.2, -0.15) is 0 Å². The first-order valence-corrected chi connectivity index (χ1v) is 7.85. The molecule has 2 aromatic carbocycles. The van der Waals surface area contributed by atoms with Crippen molar-refractivity contribution in [2.24, 2.45) is 0 Å². The predicted molar refractivity (Wildman–Crippen MR) is 94.6 cm³/mol. The quantitative estimate of drug-likeness (QED) is 0.797. The van der Waals surface area contributed by atoms with Crippen molar-refractivity contribution in [1.29, 1.82) is 0 Å². The molecule has 0 bridgehead atoms. The molecule has 1 atom stereocenters. The van der Waals surface area contributed by atoms with Gasteiger partial charge in [-0.25, -0.2) is 0 Å². The van der Waals surface area contributed by atoms with Crippen LogP contribution in [0.1, 0.15) is 18.5 Å². The zero-order valence-corrected chi connectivity index (χ0v) is 14.9. The van der Waals surface area contributed by atoms with Crippen molar-refractivity contribution in [3.63, 3.8) is 0 Å². The third-order valence-corrected chi connectivity index (χ3v) is 3.69. The molecule has 25 heavy (non-hydrogen) atoms. The van der Waals surface area contributed by atoms with E-state index in [0.29, 0.717) is 17.2 Å². The van der Waals surface area contributed by atoms with E-state index in [1.807, 2.05) is 31.2 Å². The number of hydrogen-bond acceptors (Lipinski definition) is 5. The highest BCUT2D eigenvalue weighted by molar-refractivity contribution is 5.78. The van der Waals surface area contributed by atoms with Gasteiger partial charge in [-0.05, 0) is 24.6 Å². The molecule has 0 unspecified atom stereocenters. The molecule has 2 aromatic rings. The summed E-state index contributed by atoms with van der Waals surface area (Å²) in [5.41, 5.74) is 0.984. The molecule has 0 aromatic heterocycles. The Hall–Kier alpha value is -2.89. The smallest absolute Gasteiger partial charge is 0.258 e. The zero-order valence-electron chi connectivity index (χ0n) is 14.9. The largest absolute Gasteiger partial charge is 0.497 e. The zero-order chi connectivity index (χ0) is 18.2. The Kier molecular flexibility index (Phi) is 6.51. The van der Waals surface area contributed by atoms with Gasteiger partial charge in [-0.1, -0.05) is 12.1 Å². The molecule has 0 heterocycles. The number of amides is 1. The Morgan fingerprint density at radius 2 is 1.40 bits per heavy atom. The Bertz CT molecular complexity index is 677. The number of nitrogens with one attached hydrogen (secondary N) is 1. The lowest BCUT2D eigenvalue weighted by Gasteiger charge is -2.15. The Balaban J connectivity index is 1.91. The van der Waals surface area contributed by atoms with Crippen LogP contribution < -0.4 is 24.3 Å². The van der Waals surface area contributed by atoms with E-state index < -0.39 is 0 Å². The fourth-order valence-corrected chi connectivity index (χ4v) is 2.27. The van der Waals surface area contributed by atoms with Crippen LogP contribution in [0.2, 0.25) is 0 Å². The summed E-state index contributed by atoms with van der Waals surface area (Å²) in [7, 11) is 4.73. The highest BCUT2D eigenvalue weighted by atomic mass is 16.5. The molecule has 0 saturated carbocycles. The number of benzene rings is 2. The second kappa shape index (κ2) is 8.82. The predicted octanol–water partition coefficient (Wildman–Crippen LogP) is 2.97. The van der Waals surface area contributed by atoms with Gasteiger partial charge in [0.2, 0.25) is 0 Å².